The second-order valence-electron chi connectivity index (χ2n) is 4.64. The maximum Gasteiger partial charge on any atom is 0.352 e. The fraction of sp³-hybridized carbons (Fsp3) is 0.500. The Bertz CT molecular complexity index is 781. The van der Waals surface area contributed by atoms with Gasteiger partial charge in [-0.05, 0) is 13.3 Å². The standard InChI is InChI=1S/C12H16N6O/c1-3-4-5-6-17-10-9(13-7-14-10)11-15-8(2)16-18(11)12(17)19/h7H,3-6H2,1-2H3,(H,13,14). The van der Waals surface area contributed by atoms with Crippen LogP contribution in [-0.2, 0) is 6.54 Å². The zero-order valence-electron chi connectivity index (χ0n) is 11.1. The number of imidazole rings is 1. The van der Waals surface area contributed by atoms with Crippen LogP contribution in [0.5, 0.6) is 0 Å². The van der Waals surface area contributed by atoms with E-state index in [2.05, 4.69) is 27.0 Å². The highest BCUT2D eigenvalue weighted by Crippen LogP contribution is 2.13. The van der Waals surface area contributed by atoms with Crippen LogP contribution in [-0.4, -0.2) is 29.1 Å². The van der Waals surface area contributed by atoms with Gasteiger partial charge in [-0.3, -0.25) is 4.57 Å². The fourth-order valence-electron chi connectivity index (χ4n) is 2.29. The van der Waals surface area contributed by atoms with E-state index in [0.29, 0.717) is 23.7 Å². The van der Waals surface area contributed by atoms with E-state index >= 15 is 0 Å². The summed E-state index contributed by atoms with van der Waals surface area (Å²) in [6, 6.07) is 0. The minimum absolute atomic E-state index is 0.175. The Labute approximate surface area is 109 Å². The van der Waals surface area contributed by atoms with Gasteiger partial charge in [0.25, 0.3) is 0 Å². The molecule has 0 unspecified atom stereocenters. The normalized spacial score (nSPS) is 11.7. The van der Waals surface area contributed by atoms with Crippen molar-refractivity contribution in [2.24, 2.45) is 0 Å². The molecule has 3 aromatic rings. The van der Waals surface area contributed by atoms with Crippen molar-refractivity contribution in [3.05, 3.63) is 22.6 Å². The molecule has 0 atom stereocenters. The van der Waals surface area contributed by atoms with Crippen LogP contribution in [0.4, 0.5) is 0 Å². The lowest BCUT2D eigenvalue weighted by Crippen LogP contribution is -2.28. The number of fused-ring (bicyclic) bond motifs is 3. The number of nitrogens with zero attached hydrogens (tertiary/aromatic N) is 5. The van der Waals surface area contributed by atoms with Crippen molar-refractivity contribution < 1.29 is 0 Å². The molecule has 1 N–H and O–H groups in total. The van der Waals surface area contributed by atoms with Crippen LogP contribution < -0.4 is 5.69 Å². The second kappa shape index (κ2) is 4.49. The molecule has 0 radical (unpaired) electrons. The first-order valence-corrected chi connectivity index (χ1v) is 6.51. The van der Waals surface area contributed by atoms with Gasteiger partial charge in [-0.25, -0.2) is 14.8 Å². The summed E-state index contributed by atoms with van der Waals surface area (Å²) in [6.07, 6.45) is 4.75. The van der Waals surface area contributed by atoms with Crippen molar-refractivity contribution in [1.29, 1.82) is 0 Å². The van der Waals surface area contributed by atoms with Gasteiger partial charge >= 0.3 is 5.69 Å². The van der Waals surface area contributed by atoms with Crippen LogP contribution in [0.25, 0.3) is 16.8 Å². The third-order valence-electron chi connectivity index (χ3n) is 3.21. The average molecular weight is 260 g/mol. The first-order valence-electron chi connectivity index (χ1n) is 6.51. The van der Waals surface area contributed by atoms with E-state index in [0.717, 1.165) is 24.8 Å². The Kier molecular flexibility index (Phi) is 2.81. The SMILES string of the molecule is CCCCCn1c(=O)n2nc(C)nc2c2[nH]cnc21. The maximum absolute atomic E-state index is 12.4. The van der Waals surface area contributed by atoms with Gasteiger partial charge in [-0.15, -0.1) is 5.10 Å². The van der Waals surface area contributed by atoms with E-state index in [1.54, 1.807) is 17.8 Å². The second-order valence-corrected chi connectivity index (χ2v) is 4.64. The summed E-state index contributed by atoms with van der Waals surface area (Å²) >= 11 is 0. The monoisotopic (exact) mass is 260 g/mol. The van der Waals surface area contributed by atoms with Crippen LogP contribution in [0.1, 0.15) is 32.0 Å². The van der Waals surface area contributed by atoms with Crippen molar-refractivity contribution in [2.75, 3.05) is 0 Å². The molecule has 7 nitrogen and oxygen atoms in total. The van der Waals surface area contributed by atoms with Gasteiger partial charge in [0.15, 0.2) is 11.3 Å². The van der Waals surface area contributed by atoms with E-state index < -0.39 is 0 Å². The molecule has 0 bridgehead atoms. The molecule has 0 saturated carbocycles. The molecule has 0 spiro atoms. The van der Waals surface area contributed by atoms with Crippen molar-refractivity contribution in [3.63, 3.8) is 0 Å². The summed E-state index contributed by atoms with van der Waals surface area (Å²) in [5, 5.41) is 4.16. The molecule has 0 saturated heterocycles. The van der Waals surface area contributed by atoms with Crippen LogP contribution in [0.3, 0.4) is 0 Å². The number of aromatic nitrogens is 6. The summed E-state index contributed by atoms with van der Waals surface area (Å²) in [6.45, 7) is 4.57. The molecule has 3 aromatic heterocycles. The van der Waals surface area contributed by atoms with Crippen LogP contribution in [0, 0.1) is 6.92 Å². The van der Waals surface area contributed by atoms with Gasteiger partial charge in [-0.2, -0.15) is 4.52 Å². The predicted octanol–water partition coefficient (Wildman–Crippen LogP) is 1.27. The smallest absolute Gasteiger partial charge is 0.340 e. The molecular weight excluding hydrogens is 244 g/mol. The highest BCUT2D eigenvalue weighted by molar-refractivity contribution is 5.84. The molecule has 0 aliphatic carbocycles. The zero-order valence-corrected chi connectivity index (χ0v) is 11.1. The largest absolute Gasteiger partial charge is 0.352 e. The molecule has 7 heteroatoms. The Morgan fingerprint density at radius 2 is 2.16 bits per heavy atom. The first-order chi connectivity index (χ1) is 9.22. The van der Waals surface area contributed by atoms with E-state index in [-0.39, 0.29) is 5.69 Å². The fourth-order valence-corrected chi connectivity index (χ4v) is 2.29. The molecule has 0 aliphatic heterocycles. The highest BCUT2D eigenvalue weighted by atomic mass is 16.2. The summed E-state index contributed by atoms with van der Waals surface area (Å²) in [5.74, 6) is 0.583. The van der Waals surface area contributed by atoms with E-state index in [4.69, 9.17) is 0 Å². The number of hydrogen-bond donors (Lipinski definition) is 1. The van der Waals surface area contributed by atoms with Crippen molar-refractivity contribution in [1.82, 2.24) is 29.1 Å². The Morgan fingerprint density at radius 3 is 2.95 bits per heavy atom. The van der Waals surface area contributed by atoms with E-state index in [1.807, 2.05) is 0 Å². The third kappa shape index (κ3) is 1.81. The Hall–Kier alpha value is -2.18. The summed E-state index contributed by atoms with van der Waals surface area (Å²) in [4.78, 5) is 24.0. The number of aryl methyl sites for hydroxylation is 2. The molecular formula is C12H16N6O. The molecule has 3 rings (SSSR count). The van der Waals surface area contributed by atoms with Gasteiger partial charge in [0.1, 0.15) is 11.3 Å². The van der Waals surface area contributed by atoms with Gasteiger partial charge in [0.05, 0.1) is 6.33 Å². The predicted molar refractivity (Wildman–Crippen MR) is 71.2 cm³/mol. The maximum atomic E-state index is 12.4. The number of aromatic amines is 1. The zero-order chi connectivity index (χ0) is 13.4. The number of nitrogens with one attached hydrogen (secondary N) is 1. The summed E-state index contributed by atoms with van der Waals surface area (Å²) in [5.41, 5.74) is 1.78. The third-order valence-corrected chi connectivity index (χ3v) is 3.21. The van der Waals surface area contributed by atoms with Gasteiger partial charge < -0.3 is 4.98 Å². The highest BCUT2D eigenvalue weighted by Gasteiger charge is 2.15. The lowest BCUT2D eigenvalue weighted by atomic mass is 10.2. The van der Waals surface area contributed by atoms with Gasteiger partial charge in [0.2, 0.25) is 0 Å². The number of rotatable bonds is 4. The summed E-state index contributed by atoms with van der Waals surface area (Å²) in [7, 11) is 0. The van der Waals surface area contributed by atoms with Crippen molar-refractivity contribution >= 4 is 16.8 Å². The molecule has 3 heterocycles. The Morgan fingerprint density at radius 1 is 1.32 bits per heavy atom. The van der Waals surface area contributed by atoms with Gasteiger partial charge in [-0.1, -0.05) is 19.8 Å². The molecule has 0 amide bonds. The van der Waals surface area contributed by atoms with Crippen LogP contribution >= 0.6 is 0 Å². The summed E-state index contributed by atoms with van der Waals surface area (Å²) < 4.78 is 3.02. The molecule has 0 fully saturated rings. The minimum atomic E-state index is -0.175. The molecule has 100 valence electrons. The molecule has 19 heavy (non-hydrogen) atoms. The number of unbranched alkanes of at least 4 members (excludes halogenated alkanes) is 2. The molecule has 0 aliphatic rings. The van der Waals surface area contributed by atoms with E-state index in [1.165, 1.54) is 4.52 Å². The van der Waals surface area contributed by atoms with Crippen LogP contribution in [0.2, 0.25) is 0 Å². The number of hydrogen-bond acceptors (Lipinski definition) is 4. The Balaban J connectivity index is 2.25. The van der Waals surface area contributed by atoms with Crippen molar-refractivity contribution in [2.45, 2.75) is 39.7 Å². The minimum Gasteiger partial charge on any atom is -0.340 e. The number of H-pyrrole nitrogens is 1. The molecule has 0 aromatic carbocycles. The quantitative estimate of drug-likeness (QED) is 0.716. The average Bonchev–Trinajstić information content (AvgIpc) is 2.99. The van der Waals surface area contributed by atoms with Crippen molar-refractivity contribution in [3.8, 4) is 0 Å². The first kappa shape index (κ1) is 11.9. The lowest BCUT2D eigenvalue weighted by molar-refractivity contribution is 0.578. The lowest BCUT2D eigenvalue weighted by Gasteiger charge is -2.06. The topological polar surface area (TPSA) is 80.9 Å². The van der Waals surface area contributed by atoms with E-state index in [9.17, 15) is 4.79 Å². The van der Waals surface area contributed by atoms with Crippen LogP contribution in [0.15, 0.2) is 11.1 Å². The van der Waals surface area contributed by atoms with Gasteiger partial charge in [0, 0.05) is 6.54 Å².